The van der Waals surface area contributed by atoms with E-state index < -0.39 is 23.1 Å². The summed E-state index contributed by atoms with van der Waals surface area (Å²) in [4.78, 5) is 29.7. The number of piperidine rings is 1. The lowest BCUT2D eigenvalue weighted by atomic mass is 9.80. The lowest BCUT2D eigenvalue weighted by Crippen LogP contribution is -2.45. The molecular weight excluding hydrogens is 503 g/mol. The van der Waals surface area contributed by atoms with E-state index >= 15 is 0 Å². The molecule has 0 bridgehead atoms. The Morgan fingerprint density at radius 1 is 0.872 bits per heavy atom. The molecule has 2 aliphatic heterocycles. The zero-order chi connectivity index (χ0) is 28.7. The van der Waals surface area contributed by atoms with E-state index in [0.717, 1.165) is 17.2 Å². The van der Waals surface area contributed by atoms with E-state index in [2.05, 4.69) is 31.0 Å². The van der Waals surface area contributed by atoms with Gasteiger partial charge >= 0.3 is 0 Å². The molecule has 2 amide bonds. The molecule has 2 heterocycles. The highest BCUT2D eigenvalue weighted by Crippen LogP contribution is 2.40. The Balaban J connectivity index is 1.53. The molecule has 2 aliphatic rings. The van der Waals surface area contributed by atoms with Crippen LogP contribution in [0.3, 0.4) is 0 Å². The molecule has 0 unspecified atom stereocenters. The lowest BCUT2D eigenvalue weighted by Gasteiger charge is -2.37. The summed E-state index contributed by atoms with van der Waals surface area (Å²) in [6.45, 7) is 13.5. The van der Waals surface area contributed by atoms with Crippen molar-refractivity contribution in [2.75, 3.05) is 26.2 Å². The number of benzene rings is 2. The molecule has 2 fully saturated rings. The Bertz CT molecular complexity index is 1230. The Morgan fingerprint density at radius 3 is 2.03 bits per heavy atom. The normalized spacial score (nSPS) is 21.3. The highest BCUT2D eigenvalue weighted by atomic mass is 19.1. The van der Waals surface area contributed by atoms with Gasteiger partial charge in [0.1, 0.15) is 17.5 Å². The minimum absolute atomic E-state index is 0.00756. The molecule has 2 atom stereocenters. The molecule has 2 aromatic rings. The van der Waals surface area contributed by atoms with E-state index in [1.807, 2.05) is 18.7 Å². The summed E-state index contributed by atoms with van der Waals surface area (Å²) in [6.07, 6.45) is 1.40. The van der Waals surface area contributed by atoms with Gasteiger partial charge in [-0.1, -0.05) is 12.1 Å². The number of hydrogen-bond donors (Lipinski definition) is 1. The lowest BCUT2D eigenvalue weighted by molar-refractivity contribution is -0.136. The van der Waals surface area contributed by atoms with Gasteiger partial charge in [0.15, 0.2) is 0 Å². The predicted octanol–water partition coefficient (Wildman–Crippen LogP) is 5.70. The summed E-state index contributed by atoms with van der Waals surface area (Å²) >= 11 is 0. The monoisotopic (exact) mass is 543 g/mol. The molecule has 0 aromatic heterocycles. The Hall–Kier alpha value is -2.87. The molecule has 4 rings (SSSR count). The van der Waals surface area contributed by atoms with Crippen molar-refractivity contribution >= 4 is 11.8 Å². The maximum atomic E-state index is 14.8. The number of carbonyl (C=O) groups excluding carboxylic acids is 2. The van der Waals surface area contributed by atoms with Gasteiger partial charge in [0, 0.05) is 50.6 Å². The summed E-state index contributed by atoms with van der Waals surface area (Å²) in [5.41, 5.74) is 1.16. The zero-order valence-corrected chi connectivity index (χ0v) is 23.8. The maximum absolute atomic E-state index is 14.8. The largest absolute Gasteiger partial charge is 0.347 e. The van der Waals surface area contributed by atoms with Gasteiger partial charge in [-0.05, 0) is 88.3 Å². The van der Waals surface area contributed by atoms with Gasteiger partial charge in [-0.3, -0.25) is 14.5 Å². The Labute approximate surface area is 229 Å². The highest BCUT2D eigenvalue weighted by molar-refractivity contribution is 5.81. The van der Waals surface area contributed by atoms with Gasteiger partial charge in [-0.2, -0.15) is 0 Å². The number of nitrogens with zero attached hydrogens (tertiary/aromatic N) is 2. The second kappa shape index (κ2) is 11.0. The van der Waals surface area contributed by atoms with Crippen molar-refractivity contribution < 1.29 is 22.8 Å². The molecule has 5 nitrogen and oxygen atoms in total. The first kappa shape index (κ1) is 29.1. The quantitative estimate of drug-likeness (QED) is 0.527. The maximum Gasteiger partial charge on any atom is 0.227 e. The molecule has 212 valence electrons. The molecule has 2 aromatic carbocycles. The highest BCUT2D eigenvalue weighted by Gasteiger charge is 2.45. The van der Waals surface area contributed by atoms with Gasteiger partial charge < -0.3 is 10.2 Å². The van der Waals surface area contributed by atoms with Crippen LogP contribution in [-0.2, 0) is 15.1 Å². The van der Waals surface area contributed by atoms with Gasteiger partial charge in [0.05, 0.1) is 11.5 Å². The van der Waals surface area contributed by atoms with Crippen LogP contribution in [0.1, 0.15) is 82.9 Å². The topological polar surface area (TPSA) is 52.7 Å². The molecule has 2 saturated heterocycles. The fourth-order valence-corrected chi connectivity index (χ4v) is 6.30. The van der Waals surface area contributed by atoms with Crippen LogP contribution in [0.5, 0.6) is 0 Å². The van der Waals surface area contributed by atoms with Crippen molar-refractivity contribution in [2.45, 2.75) is 77.3 Å². The summed E-state index contributed by atoms with van der Waals surface area (Å²) in [7, 11) is 0. The van der Waals surface area contributed by atoms with Gasteiger partial charge in [0.2, 0.25) is 11.8 Å². The molecule has 39 heavy (non-hydrogen) atoms. The van der Waals surface area contributed by atoms with Crippen LogP contribution in [0, 0.1) is 23.4 Å². The molecule has 0 spiro atoms. The van der Waals surface area contributed by atoms with Crippen molar-refractivity contribution in [1.29, 1.82) is 0 Å². The Kier molecular flexibility index (Phi) is 8.18. The third kappa shape index (κ3) is 6.32. The van der Waals surface area contributed by atoms with Crippen LogP contribution < -0.4 is 5.32 Å². The first-order chi connectivity index (χ1) is 18.2. The second-order valence-electron chi connectivity index (χ2n) is 12.6. The molecule has 0 radical (unpaired) electrons. The number of halogens is 3. The van der Waals surface area contributed by atoms with E-state index in [-0.39, 0.29) is 35.0 Å². The summed E-state index contributed by atoms with van der Waals surface area (Å²) in [5.74, 6) is -2.48. The van der Waals surface area contributed by atoms with Crippen molar-refractivity contribution in [2.24, 2.45) is 5.92 Å². The van der Waals surface area contributed by atoms with Crippen LogP contribution >= 0.6 is 0 Å². The third-order valence-corrected chi connectivity index (χ3v) is 8.37. The molecule has 0 saturated carbocycles. The van der Waals surface area contributed by atoms with Crippen LogP contribution in [-0.4, -0.2) is 53.3 Å². The van der Waals surface area contributed by atoms with Crippen molar-refractivity contribution in [3.8, 4) is 0 Å². The summed E-state index contributed by atoms with van der Waals surface area (Å²) in [5, 5.41) is 2.92. The van der Waals surface area contributed by atoms with E-state index in [0.29, 0.717) is 44.6 Å². The smallest absolute Gasteiger partial charge is 0.227 e. The molecule has 1 N–H and O–H groups in total. The van der Waals surface area contributed by atoms with Crippen molar-refractivity contribution in [3.05, 3.63) is 70.5 Å². The summed E-state index contributed by atoms with van der Waals surface area (Å²) < 4.78 is 42.7. The van der Waals surface area contributed by atoms with E-state index in [9.17, 15) is 22.8 Å². The summed E-state index contributed by atoms with van der Waals surface area (Å²) in [6, 6.07) is 8.35. The van der Waals surface area contributed by atoms with Gasteiger partial charge in [-0.15, -0.1) is 0 Å². The first-order valence-corrected chi connectivity index (χ1v) is 13.7. The Morgan fingerprint density at radius 2 is 1.46 bits per heavy atom. The van der Waals surface area contributed by atoms with Crippen LogP contribution in [0.2, 0.25) is 0 Å². The van der Waals surface area contributed by atoms with Gasteiger partial charge in [-0.25, -0.2) is 13.2 Å². The van der Waals surface area contributed by atoms with E-state index in [1.54, 1.807) is 6.07 Å². The number of hydrogen-bond acceptors (Lipinski definition) is 3. The number of likely N-dealkylation sites (tertiary alicyclic amines) is 2. The van der Waals surface area contributed by atoms with Crippen LogP contribution in [0.25, 0.3) is 0 Å². The SMILES string of the molecule is CC(=O)NC(C)(C)c1cc(F)ccc1C1CCN(C(=O)[C@@H]2CN(C(C)(C)C)C[C@H]2c2ccc(F)cc2F)CC1. The van der Waals surface area contributed by atoms with Crippen LogP contribution in [0.4, 0.5) is 13.2 Å². The van der Waals surface area contributed by atoms with Crippen LogP contribution in [0.15, 0.2) is 36.4 Å². The fourth-order valence-electron chi connectivity index (χ4n) is 6.30. The zero-order valence-electron chi connectivity index (χ0n) is 23.8. The van der Waals surface area contributed by atoms with Gasteiger partial charge in [0.25, 0.3) is 0 Å². The van der Waals surface area contributed by atoms with E-state index in [4.69, 9.17) is 0 Å². The standard InChI is InChI=1S/C31H40F3N3O2/c1-19(38)35-31(5,6)27-15-21(32)7-9-23(27)20-11-13-36(14-12-20)29(39)26-18-37(30(2,3)4)17-25(26)24-10-8-22(33)16-28(24)34/h7-10,15-16,20,25-26H,11-14,17-18H2,1-6H3,(H,35,38)/t25-,26+/m0/s1. The molecular formula is C31H40F3N3O2. The predicted molar refractivity (Wildman–Crippen MR) is 146 cm³/mol. The number of carbonyl (C=O) groups is 2. The minimum atomic E-state index is -0.747. The first-order valence-electron chi connectivity index (χ1n) is 13.7. The average molecular weight is 544 g/mol. The van der Waals surface area contributed by atoms with E-state index in [1.165, 1.54) is 31.2 Å². The fraction of sp³-hybridized carbons (Fsp3) is 0.548. The van der Waals surface area contributed by atoms with Crippen molar-refractivity contribution in [3.63, 3.8) is 0 Å². The minimum Gasteiger partial charge on any atom is -0.347 e. The molecule has 8 heteroatoms. The molecule has 0 aliphatic carbocycles. The number of amides is 2. The number of nitrogens with one attached hydrogen (secondary N) is 1. The third-order valence-electron chi connectivity index (χ3n) is 8.37. The second-order valence-corrected chi connectivity index (χ2v) is 12.6. The average Bonchev–Trinajstić information content (AvgIpc) is 3.29. The van der Waals surface area contributed by atoms with Crippen molar-refractivity contribution in [1.82, 2.24) is 15.1 Å². The number of rotatable bonds is 5.